The molecule has 0 radical (unpaired) electrons. The van der Waals surface area contributed by atoms with E-state index in [0.29, 0.717) is 0 Å². The Kier molecular flexibility index (Phi) is 6.05. The van der Waals surface area contributed by atoms with Crippen LogP contribution in [-0.4, -0.2) is 19.7 Å². The molecule has 2 unspecified atom stereocenters. The Balaban J connectivity index is 2.17. The lowest BCUT2D eigenvalue weighted by Gasteiger charge is -2.27. The predicted octanol–water partition coefficient (Wildman–Crippen LogP) is 4.31. The second kappa shape index (κ2) is 7.79. The van der Waals surface area contributed by atoms with Gasteiger partial charge in [-0.3, -0.25) is 0 Å². The zero-order chi connectivity index (χ0) is 14.4. The number of methoxy groups -OCH3 is 1. The molecule has 0 fully saturated rings. The maximum absolute atomic E-state index is 6.02. The minimum Gasteiger partial charge on any atom is -0.375 e. The van der Waals surface area contributed by atoms with Gasteiger partial charge in [0.25, 0.3) is 0 Å². The van der Waals surface area contributed by atoms with E-state index in [1.54, 1.807) is 18.4 Å². The molecule has 0 saturated carbocycles. The molecule has 0 amide bonds. The van der Waals surface area contributed by atoms with Gasteiger partial charge in [0.2, 0.25) is 0 Å². The van der Waals surface area contributed by atoms with Gasteiger partial charge in [0.15, 0.2) is 0 Å². The molecule has 2 aromatic rings. The van der Waals surface area contributed by atoms with E-state index in [0.717, 1.165) is 17.3 Å². The van der Waals surface area contributed by atoms with E-state index in [-0.39, 0.29) is 12.1 Å². The summed E-state index contributed by atoms with van der Waals surface area (Å²) in [6.45, 7) is 3.03. The zero-order valence-corrected chi connectivity index (χ0v) is 13.4. The van der Waals surface area contributed by atoms with Crippen LogP contribution in [0.2, 0.25) is 4.34 Å². The molecule has 2 nitrogen and oxygen atoms in total. The van der Waals surface area contributed by atoms with Crippen molar-refractivity contribution in [1.29, 1.82) is 0 Å². The number of hydrogen-bond donors (Lipinski definition) is 1. The van der Waals surface area contributed by atoms with Gasteiger partial charge in [0, 0.05) is 18.0 Å². The highest BCUT2D eigenvalue weighted by molar-refractivity contribution is 7.16. The number of benzene rings is 1. The smallest absolute Gasteiger partial charge is 0.0977 e. The van der Waals surface area contributed by atoms with Gasteiger partial charge in [-0.25, -0.2) is 0 Å². The SMILES string of the molecule is CCNC(Cc1ccc(Cl)s1)C(OC)c1ccccc1. The van der Waals surface area contributed by atoms with Crippen LogP contribution in [0.5, 0.6) is 0 Å². The van der Waals surface area contributed by atoms with Crippen molar-refractivity contribution < 1.29 is 4.74 Å². The summed E-state index contributed by atoms with van der Waals surface area (Å²) in [4.78, 5) is 1.28. The fourth-order valence-corrected chi connectivity index (χ4v) is 3.55. The first-order valence-electron chi connectivity index (χ1n) is 6.80. The van der Waals surface area contributed by atoms with Gasteiger partial charge in [-0.15, -0.1) is 11.3 Å². The van der Waals surface area contributed by atoms with Crippen molar-refractivity contribution in [3.05, 3.63) is 57.2 Å². The van der Waals surface area contributed by atoms with Crippen LogP contribution < -0.4 is 5.32 Å². The lowest BCUT2D eigenvalue weighted by molar-refractivity contribution is 0.0686. The molecule has 0 bridgehead atoms. The van der Waals surface area contributed by atoms with Crippen LogP contribution in [-0.2, 0) is 11.2 Å². The van der Waals surface area contributed by atoms with Gasteiger partial charge >= 0.3 is 0 Å². The highest BCUT2D eigenvalue weighted by Crippen LogP contribution is 2.27. The summed E-state index contributed by atoms with van der Waals surface area (Å²) in [5.74, 6) is 0. The average Bonchev–Trinajstić information content (AvgIpc) is 2.86. The number of thiophene rings is 1. The summed E-state index contributed by atoms with van der Waals surface area (Å²) in [5.41, 5.74) is 1.20. The second-order valence-electron chi connectivity index (χ2n) is 4.64. The average molecular weight is 310 g/mol. The third-order valence-corrected chi connectivity index (χ3v) is 4.52. The molecule has 1 N–H and O–H groups in total. The largest absolute Gasteiger partial charge is 0.375 e. The van der Waals surface area contributed by atoms with Crippen LogP contribution in [0.1, 0.15) is 23.5 Å². The molecule has 1 heterocycles. The number of halogens is 1. The quantitative estimate of drug-likeness (QED) is 0.823. The zero-order valence-electron chi connectivity index (χ0n) is 11.8. The van der Waals surface area contributed by atoms with E-state index in [1.165, 1.54) is 10.4 Å². The summed E-state index contributed by atoms with van der Waals surface area (Å²) < 4.78 is 6.58. The second-order valence-corrected chi connectivity index (χ2v) is 6.44. The summed E-state index contributed by atoms with van der Waals surface area (Å²) in [5, 5.41) is 3.53. The minimum atomic E-state index is 0.0389. The standard InChI is InChI=1S/C16H20ClNOS/c1-3-18-14(11-13-9-10-15(17)20-13)16(19-2)12-7-5-4-6-8-12/h4-10,14,16,18H,3,11H2,1-2H3. The molecule has 108 valence electrons. The van der Waals surface area contributed by atoms with Crippen molar-refractivity contribution >= 4 is 22.9 Å². The molecule has 0 aliphatic rings. The van der Waals surface area contributed by atoms with Crippen LogP contribution in [0.3, 0.4) is 0 Å². The van der Waals surface area contributed by atoms with Gasteiger partial charge in [0.05, 0.1) is 10.4 Å². The Bertz CT molecular complexity index is 514. The van der Waals surface area contributed by atoms with Gasteiger partial charge in [0.1, 0.15) is 0 Å². The number of rotatable bonds is 7. The summed E-state index contributed by atoms with van der Waals surface area (Å²) in [6.07, 6.45) is 0.954. The Morgan fingerprint density at radius 3 is 2.50 bits per heavy atom. The van der Waals surface area contributed by atoms with Gasteiger partial charge in [-0.1, -0.05) is 48.9 Å². The molecule has 0 saturated heterocycles. The number of ether oxygens (including phenoxy) is 1. The Morgan fingerprint density at radius 1 is 1.20 bits per heavy atom. The molecule has 0 aliphatic carbocycles. The van der Waals surface area contributed by atoms with E-state index < -0.39 is 0 Å². The van der Waals surface area contributed by atoms with Crippen LogP contribution in [0.4, 0.5) is 0 Å². The monoisotopic (exact) mass is 309 g/mol. The van der Waals surface area contributed by atoms with E-state index >= 15 is 0 Å². The van der Waals surface area contributed by atoms with E-state index in [1.807, 2.05) is 24.3 Å². The molecular formula is C16H20ClNOS. The van der Waals surface area contributed by atoms with Crippen molar-refractivity contribution in [1.82, 2.24) is 5.32 Å². The fourth-order valence-electron chi connectivity index (χ4n) is 2.40. The van der Waals surface area contributed by atoms with Gasteiger partial charge < -0.3 is 10.1 Å². The number of likely N-dealkylation sites (N-methyl/N-ethyl adjacent to an activating group) is 1. The molecule has 4 heteroatoms. The lowest BCUT2D eigenvalue weighted by atomic mass is 9.99. The van der Waals surface area contributed by atoms with Crippen LogP contribution in [0.25, 0.3) is 0 Å². The van der Waals surface area contributed by atoms with Crippen molar-refractivity contribution in [2.24, 2.45) is 0 Å². The van der Waals surface area contributed by atoms with E-state index in [4.69, 9.17) is 16.3 Å². The Morgan fingerprint density at radius 2 is 1.95 bits per heavy atom. The third-order valence-electron chi connectivity index (χ3n) is 3.26. The van der Waals surface area contributed by atoms with Crippen molar-refractivity contribution in [3.63, 3.8) is 0 Å². The van der Waals surface area contributed by atoms with Crippen molar-refractivity contribution in [3.8, 4) is 0 Å². The Labute approximate surface area is 129 Å². The van der Waals surface area contributed by atoms with Crippen LogP contribution in [0, 0.1) is 0 Å². The van der Waals surface area contributed by atoms with E-state index in [2.05, 4.69) is 30.4 Å². The maximum atomic E-state index is 6.02. The molecule has 0 aliphatic heterocycles. The number of hydrogen-bond acceptors (Lipinski definition) is 3. The maximum Gasteiger partial charge on any atom is 0.0977 e. The normalized spacial score (nSPS) is 14.2. The highest BCUT2D eigenvalue weighted by Gasteiger charge is 2.23. The lowest BCUT2D eigenvalue weighted by Crippen LogP contribution is -2.37. The molecule has 1 aromatic heterocycles. The van der Waals surface area contributed by atoms with Crippen molar-refractivity contribution in [2.45, 2.75) is 25.5 Å². The topological polar surface area (TPSA) is 21.3 Å². The first-order chi connectivity index (χ1) is 9.74. The minimum absolute atomic E-state index is 0.0389. The first kappa shape index (κ1) is 15.5. The third kappa shape index (κ3) is 4.06. The molecular weight excluding hydrogens is 290 g/mol. The first-order valence-corrected chi connectivity index (χ1v) is 7.99. The molecule has 2 atom stereocenters. The van der Waals surface area contributed by atoms with Crippen LogP contribution >= 0.6 is 22.9 Å². The molecule has 2 rings (SSSR count). The van der Waals surface area contributed by atoms with E-state index in [9.17, 15) is 0 Å². The number of nitrogens with one attached hydrogen (secondary N) is 1. The predicted molar refractivity (Wildman–Crippen MR) is 86.7 cm³/mol. The molecule has 1 aromatic carbocycles. The van der Waals surface area contributed by atoms with Crippen molar-refractivity contribution in [2.75, 3.05) is 13.7 Å². The van der Waals surface area contributed by atoms with Gasteiger partial charge in [-0.05, 0) is 30.7 Å². The molecule has 20 heavy (non-hydrogen) atoms. The fraction of sp³-hybridized carbons (Fsp3) is 0.375. The summed E-state index contributed by atoms with van der Waals surface area (Å²) in [7, 11) is 1.77. The molecule has 0 spiro atoms. The van der Waals surface area contributed by atoms with Crippen LogP contribution in [0.15, 0.2) is 42.5 Å². The highest BCUT2D eigenvalue weighted by atomic mass is 35.5. The van der Waals surface area contributed by atoms with Gasteiger partial charge in [-0.2, -0.15) is 0 Å². The summed E-state index contributed by atoms with van der Waals surface area (Å²) in [6, 6.07) is 14.6. The Hall–Kier alpha value is -0.870. The summed E-state index contributed by atoms with van der Waals surface area (Å²) >= 11 is 7.65.